The van der Waals surface area contributed by atoms with E-state index in [1.165, 1.54) is 5.56 Å². The number of benzene rings is 2. The number of anilines is 1. The molecule has 0 spiro atoms. The monoisotopic (exact) mass is 473 g/mol. The lowest BCUT2D eigenvalue weighted by atomic mass is 10.2. The highest BCUT2D eigenvalue weighted by molar-refractivity contribution is 6.27. The Morgan fingerprint density at radius 3 is 2.06 bits per heavy atom. The van der Waals surface area contributed by atoms with Crippen LogP contribution in [0.4, 0.5) is 5.69 Å². The first kappa shape index (κ1) is 26.6. The third-order valence-electron chi connectivity index (χ3n) is 5.23. The lowest BCUT2D eigenvalue weighted by molar-refractivity contribution is -0.159. The van der Waals surface area contributed by atoms with Gasteiger partial charge in [-0.3, -0.25) is 9.69 Å². The Kier molecular flexibility index (Phi) is 10.8. The van der Waals surface area contributed by atoms with Crippen LogP contribution >= 0.6 is 0 Å². The van der Waals surface area contributed by atoms with E-state index < -0.39 is 11.9 Å². The number of nitrogens with one attached hydrogen (secondary N) is 1. The highest BCUT2D eigenvalue weighted by atomic mass is 16.5. The quantitative estimate of drug-likeness (QED) is 0.493. The summed E-state index contributed by atoms with van der Waals surface area (Å²) in [5, 5.41) is 17.7. The predicted octanol–water partition coefficient (Wildman–Crippen LogP) is 2.01. The summed E-state index contributed by atoms with van der Waals surface area (Å²) in [6, 6.07) is 15.9. The number of methoxy groups -OCH3 is 2. The molecule has 0 unspecified atom stereocenters. The standard InChI is InChI=1S/C22H29N3O3.C2H2O4/c1-27-19-8-9-20(21(16-19)28-2)23-22(26)10-11-24-12-14-25(15-13-24)17-18-6-4-3-5-7-18;3-1(4)2(5)6/h3-9,16H,10-15,17H2,1-2H3,(H,23,26);(H,3,4)(H,5,6). The highest BCUT2D eigenvalue weighted by Gasteiger charge is 2.18. The largest absolute Gasteiger partial charge is 0.497 e. The van der Waals surface area contributed by atoms with E-state index in [1.54, 1.807) is 26.4 Å². The molecule has 1 aliphatic heterocycles. The molecule has 1 aliphatic rings. The molecular weight excluding hydrogens is 442 g/mol. The van der Waals surface area contributed by atoms with E-state index in [2.05, 4.69) is 39.4 Å². The van der Waals surface area contributed by atoms with Gasteiger partial charge in [0, 0.05) is 51.8 Å². The second kappa shape index (κ2) is 13.8. The molecule has 1 amide bonds. The van der Waals surface area contributed by atoms with Gasteiger partial charge in [-0.05, 0) is 17.7 Å². The van der Waals surface area contributed by atoms with Gasteiger partial charge in [-0.15, -0.1) is 0 Å². The Hall–Kier alpha value is -3.63. The Morgan fingerprint density at radius 1 is 0.882 bits per heavy atom. The average molecular weight is 474 g/mol. The molecule has 0 atom stereocenters. The van der Waals surface area contributed by atoms with E-state index in [9.17, 15) is 4.79 Å². The van der Waals surface area contributed by atoms with Crippen LogP contribution < -0.4 is 14.8 Å². The van der Waals surface area contributed by atoms with Crippen molar-refractivity contribution < 1.29 is 34.1 Å². The lowest BCUT2D eigenvalue weighted by Crippen LogP contribution is -2.46. The van der Waals surface area contributed by atoms with Crippen molar-refractivity contribution in [2.24, 2.45) is 0 Å². The molecule has 0 aromatic heterocycles. The lowest BCUT2D eigenvalue weighted by Gasteiger charge is -2.34. The topological polar surface area (TPSA) is 129 Å². The fourth-order valence-corrected chi connectivity index (χ4v) is 3.39. The molecule has 10 nitrogen and oxygen atoms in total. The molecule has 2 aromatic carbocycles. The maximum Gasteiger partial charge on any atom is 0.414 e. The predicted molar refractivity (Wildman–Crippen MR) is 126 cm³/mol. The summed E-state index contributed by atoms with van der Waals surface area (Å²) in [6.45, 7) is 5.81. The van der Waals surface area contributed by atoms with Gasteiger partial charge in [0.1, 0.15) is 11.5 Å². The maximum absolute atomic E-state index is 12.3. The molecule has 0 aliphatic carbocycles. The molecule has 1 fully saturated rings. The van der Waals surface area contributed by atoms with Crippen LogP contribution in [0.15, 0.2) is 48.5 Å². The van der Waals surface area contributed by atoms with Crippen LogP contribution in [0.25, 0.3) is 0 Å². The molecule has 0 saturated carbocycles. The molecule has 34 heavy (non-hydrogen) atoms. The van der Waals surface area contributed by atoms with E-state index in [4.69, 9.17) is 29.3 Å². The van der Waals surface area contributed by atoms with Crippen molar-refractivity contribution in [1.29, 1.82) is 0 Å². The number of aliphatic carboxylic acids is 2. The van der Waals surface area contributed by atoms with Crippen LogP contribution in [-0.4, -0.2) is 84.8 Å². The average Bonchev–Trinajstić information content (AvgIpc) is 2.85. The number of carboxylic acid groups (broad SMARTS) is 2. The number of carbonyl (C=O) groups is 3. The summed E-state index contributed by atoms with van der Waals surface area (Å²) in [6.07, 6.45) is 0.466. The Labute approximate surface area is 198 Å². The summed E-state index contributed by atoms with van der Waals surface area (Å²) in [5.74, 6) is -2.36. The molecule has 1 saturated heterocycles. The van der Waals surface area contributed by atoms with Gasteiger partial charge in [0.15, 0.2) is 0 Å². The van der Waals surface area contributed by atoms with Gasteiger partial charge in [-0.2, -0.15) is 0 Å². The zero-order valence-electron chi connectivity index (χ0n) is 19.4. The minimum Gasteiger partial charge on any atom is -0.497 e. The van der Waals surface area contributed by atoms with Crippen LogP contribution in [0.1, 0.15) is 12.0 Å². The fourth-order valence-electron chi connectivity index (χ4n) is 3.39. The minimum absolute atomic E-state index is 0.00446. The van der Waals surface area contributed by atoms with E-state index >= 15 is 0 Å². The Balaban J connectivity index is 0.000000604. The van der Waals surface area contributed by atoms with Gasteiger partial charge in [0.2, 0.25) is 5.91 Å². The zero-order valence-corrected chi connectivity index (χ0v) is 19.4. The van der Waals surface area contributed by atoms with Gasteiger partial charge in [0.05, 0.1) is 19.9 Å². The number of ether oxygens (including phenoxy) is 2. The highest BCUT2D eigenvalue weighted by Crippen LogP contribution is 2.29. The van der Waals surface area contributed by atoms with E-state index in [1.807, 2.05) is 12.1 Å². The van der Waals surface area contributed by atoms with Crippen molar-refractivity contribution in [3.8, 4) is 11.5 Å². The molecule has 3 N–H and O–H groups in total. The van der Waals surface area contributed by atoms with Crippen LogP contribution in [0.5, 0.6) is 11.5 Å². The molecule has 184 valence electrons. The second-order valence-corrected chi connectivity index (χ2v) is 7.58. The number of piperazine rings is 1. The summed E-state index contributed by atoms with van der Waals surface area (Å²) in [5.41, 5.74) is 2.02. The van der Waals surface area contributed by atoms with Gasteiger partial charge >= 0.3 is 11.9 Å². The second-order valence-electron chi connectivity index (χ2n) is 7.58. The Bertz CT molecular complexity index is 933. The van der Waals surface area contributed by atoms with Crippen LogP contribution in [0.2, 0.25) is 0 Å². The van der Waals surface area contributed by atoms with Crippen molar-refractivity contribution in [3.05, 3.63) is 54.1 Å². The molecule has 2 aromatic rings. The third kappa shape index (κ3) is 9.08. The van der Waals surface area contributed by atoms with E-state index in [-0.39, 0.29) is 5.91 Å². The maximum atomic E-state index is 12.3. The summed E-state index contributed by atoms with van der Waals surface area (Å²) >= 11 is 0. The zero-order chi connectivity index (χ0) is 24.9. The normalized spacial score (nSPS) is 13.8. The SMILES string of the molecule is COc1ccc(NC(=O)CCN2CCN(Cc3ccccc3)CC2)c(OC)c1.O=C(O)C(=O)O. The van der Waals surface area contributed by atoms with Crippen molar-refractivity contribution >= 4 is 23.5 Å². The smallest absolute Gasteiger partial charge is 0.414 e. The number of carbonyl (C=O) groups excluding carboxylic acids is 1. The minimum atomic E-state index is -1.82. The molecule has 3 rings (SSSR count). The van der Waals surface area contributed by atoms with Crippen LogP contribution in [0, 0.1) is 0 Å². The molecule has 0 radical (unpaired) electrons. The van der Waals surface area contributed by atoms with Crippen molar-refractivity contribution in [3.63, 3.8) is 0 Å². The van der Waals surface area contributed by atoms with Crippen molar-refractivity contribution in [1.82, 2.24) is 9.80 Å². The van der Waals surface area contributed by atoms with E-state index in [0.29, 0.717) is 23.6 Å². The first-order chi connectivity index (χ1) is 16.3. The van der Waals surface area contributed by atoms with Gasteiger partial charge in [-0.1, -0.05) is 30.3 Å². The number of rotatable bonds is 8. The summed E-state index contributed by atoms with van der Waals surface area (Å²) in [4.78, 5) is 35.4. The van der Waals surface area contributed by atoms with E-state index in [0.717, 1.165) is 39.3 Å². The number of hydrogen-bond donors (Lipinski definition) is 3. The summed E-state index contributed by atoms with van der Waals surface area (Å²) in [7, 11) is 3.19. The molecule has 1 heterocycles. The molecule has 10 heteroatoms. The molecular formula is C24H31N3O7. The summed E-state index contributed by atoms with van der Waals surface area (Å²) < 4.78 is 10.5. The fraction of sp³-hybridized carbons (Fsp3) is 0.375. The number of hydrogen-bond acceptors (Lipinski definition) is 7. The number of nitrogens with zero attached hydrogens (tertiary/aromatic N) is 2. The number of amides is 1. The van der Waals surface area contributed by atoms with Crippen LogP contribution in [-0.2, 0) is 20.9 Å². The van der Waals surface area contributed by atoms with Crippen molar-refractivity contribution in [2.45, 2.75) is 13.0 Å². The van der Waals surface area contributed by atoms with Gasteiger partial charge in [0.25, 0.3) is 0 Å². The first-order valence-electron chi connectivity index (χ1n) is 10.8. The third-order valence-corrected chi connectivity index (χ3v) is 5.23. The Morgan fingerprint density at radius 2 is 1.50 bits per heavy atom. The van der Waals surface area contributed by atoms with Gasteiger partial charge < -0.3 is 29.9 Å². The van der Waals surface area contributed by atoms with Crippen LogP contribution in [0.3, 0.4) is 0 Å². The molecule has 0 bridgehead atoms. The van der Waals surface area contributed by atoms with Crippen molar-refractivity contribution in [2.75, 3.05) is 52.3 Å². The number of carboxylic acids is 2. The first-order valence-corrected chi connectivity index (χ1v) is 10.8. The van der Waals surface area contributed by atoms with Gasteiger partial charge in [-0.25, -0.2) is 9.59 Å².